The molecule has 1 heterocycles. The number of hydrogen-bond donors (Lipinski definition) is 1. The third kappa shape index (κ3) is 4.23. The van der Waals surface area contributed by atoms with E-state index in [0.717, 1.165) is 42.7 Å². The number of fused-ring (bicyclic) bond motifs is 1. The van der Waals surface area contributed by atoms with E-state index in [9.17, 15) is 0 Å². The summed E-state index contributed by atoms with van der Waals surface area (Å²) in [5.74, 6) is 0.694. The Kier molecular flexibility index (Phi) is 5.89. The van der Waals surface area contributed by atoms with Crippen LogP contribution in [0.4, 0.5) is 0 Å². The average Bonchev–Trinajstić information content (AvgIpc) is 2.73. The molecule has 2 rings (SSSR count). The molecule has 0 bridgehead atoms. The van der Waals surface area contributed by atoms with Crippen molar-refractivity contribution in [1.82, 2.24) is 5.32 Å². The minimum atomic E-state index is 0.472. The van der Waals surface area contributed by atoms with Crippen LogP contribution in [0.1, 0.15) is 25.8 Å². The molecule has 1 aromatic carbocycles. The van der Waals surface area contributed by atoms with Crippen LogP contribution in [-0.4, -0.2) is 19.8 Å². The number of para-hydroxylation sites is 1. The van der Waals surface area contributed by atoms with Crippen LogP contribution < -0.4 is 5.32 Å². The van der Waals surface area contributed by atoms with Crippen LogP contribution in [0.15, 0.2) is 28.7 Å². The van der Waals surface area contributed by atoms with E-state index in [-0.39, 0.29) is 0 Å². The molecule has 3 nitrogen and oxygen atoms in total. The van der Waals surface area contributed by atoms with Crippen molar-refractivity contribution in [3.05, 3.63) is 35.0 Å². The molecular weight excluding hydrogens is 274 g/mol. The van der Waals surface area contributed by atoms with Gasteiger partial charge in [-0.2, -0.15) is 0 Å². The minimum absolute atomic E-state index is 0.472. The van der Waals surface area contributed by atoms with Crippen LogP contribution in [-0.2, 0) is 11.3 Å². The van der Waals surface area contributed by atoms with Crippen LogP contribution in [0, 0.1) is 5.92 Å². The van der Waals surface area contributed by atoms with Gasteiger partial charge in [0, 0.05) is 30.6 Å². The van der Waals surface area contributed by atoms with Crippen molar-refractivity contribution in [2.75, 3.05) is 19.8 Å². The first-order valence-corrected chi connectivity index (χ1v) is 7.50. The number of rotatable bonds is 8. The Labute approximate surface area is 125 Å². The van der Waals surface area contributed by atoms with Gasteiger partial charge in [-0.05, 0) is 30.0 Å². The maximum absolute atomic E-state index is 6.13. The lowest BCUT2D eigenvalue weighted by Gasteiger charge is -2.07. The zero-order valence-electron chi connectivity index (χ0n) is 12.1. The summed E-state index contributed by atoms with van der Waals surface area (Å²) in [6.45, 7) is 7.47. The molecule has 1 aromatic heterocycles. The lowest BCUT2D eigenvalue weighted by molar-refractivity contribution is 0.125. The lowest BCUT2D eigenvalue weighted by Crippen LogP contribution is -2.19. The van der Waals surface area contributed by atoms with E-state index in [4.69, 9.17) is 20.8 Å². The maximum atomic E-state index is 6.13. The highest BCUT2D eigenvalue weighted by Crippen LogP contribution is 2.29. The van der Waals surface area contributed by atoms with Crippen LogP contribution in [0.2, 0.25) is 5.22 Å². The molecule has 0 aliphatic carbocycles. The Balaban J connectivity index is 1.75. The normalized spacial score (nSPS) is 11.6. The Morgan fingerprint density at radius 3 is 2.85 bits per heavy atom. The predicted molar refractivity (Wildman–Crippen MR) is 83.2 cm³/mol. The number of hydrogen-bond acceptors (Lipinski definition) is 3. The summed E-state index contributed by atoms with van der Waals surface area (Å²) in [5.41, 5.74) is 1.85. The van der Waals surface area contributed by atoms with E-state index in [1.807, 2.05) is 24.3 Å². The standard InChI is InChI=1S/C16H22ClNO2/c1-12(2)7-9-19-10-8-18-11-14-13-5-3-4-6-15(13)20-16(14)17/h3-6,12,18H,7-11H2,1-2H3. The summed E-state index contributed by atoms with van der Waals surface area (Å²) in [6, 6.07) is 7.90. The molecule has 0 aliphatic heterocycles. The zero-order valence-corrected chi connectivity index (χ0v) is 12.9. The van der Waals surface area contributed by atoms with E-state index < -0.39 is 0 Å². The quantitative estimate of drug-likeness (QED) is 0.740. The van der Waals surface area contributed by atoms with Gasteiger partial charge in [0.15, 0.2) is 5.22 Å². The number of ether oxygens (including phenoxy) is 1. The maximum Gasteiger partial charge on any atom is 0.199 e. The van der Waals surface area contributed by atoms with Gasteiger partial charge in [0.25, 0.3) is 0 Å². The number of halogens is 1. The molecule has 0 unspecified atom stereocenters. The number of benzene rings is 1. The highest BCUT2D eigenvalue weighted by atomic mass is 35.5. The van der Waals surface area contributed by atoms with Gasteiger partial charge in [-0.25, -0.2) is 0 Å². The van der Waals surface area contributed by atoms with Gasteiger partial charge in [-0.3, -0.25) is 0 Å². The van der Waals surface area contributed by atoms with Crippen LogP contribution >= 0.6 is 11.6 Å². The first-order chi connectivity index (χ1) is 9.68. The first-order valence-electron chi connectivity index (χ1n) is 7.13. The second-order valence-corrected chi connectivity index (χ2v) is 5.67. The van der Waals surface area contributed by atoms with Crippen LogP contribution in [0.25, 0.3) is 11.0 Å². The number of nitrogens with one attached hydrogen (secondary N) is 1. The first kappa shape index (κ1) is 15.4. The predicted octanol–water partition coefficient (Wildman–Crippen LogP) is 4.24. The summed E-state index contributed by atoms with van der Waals surface area (Å²) < 4.78 is 11.1. The van der Waals surface area contributed by atoms with Gasteiger partial charge in [-0.15, -0.1) is 0 Å². The highest BCUT2D eigenvalue weighted by molar-refractivity contribution is 6.30. The summed E-state index contributed by atoms with van der Waals surface area (Å²) in [4.78, 5) is 0. The molecule has 0 aliphatic rings. The van der Waals surface area contributed by atoms with Gasteiger partial charge in [0.05, 0.1) is 6.61 Å². The van der Waals surface area contributed by atoms with E-state index in [2.05, 4.69) is 19.2 Å². The van der Waals surface area contributed by atoms with Crippen molar-refractivity contribution < 1.29 is 9.15 Å². The second kappa shape index (κ2) is 7.67. The van der Waals surface area contributed by atoms with Gasteiger partial charge in [0.2, 0.25) is 0 Å². The van der Waals surface area contributed by atoms with Crippen molar-refractivity contribution in [3.63, 3.8) is 0 Å². The highest BCUT2D eigenvalue weighted by Gasteiger charge is 2.10. The molecule has 1 N–H and O–H groups in total. The molecule has 2 aromatic rings. The smallest absolute Gasteiger partial charge is 0.199 e. The van der Waals surface area contributed by atoms with E-state index in [1.54, 1.807) is 0 Å². The van der Waals surface area contributed by atoms with Gasteiger partial charge in [-0.1, -0.05) is 32.0 Å². The topological polar surface area (TPSA) is 34.4 Å². The number of furan rings is 1. The second-order valence-electron chi connectivity index (χ2n) is 5.32. The SMILES string of the molecule is CC(C)CCOCCNCc1c(Cl)oc2ccccc12. The van der Waals surface area contributed by atoms with Crippen molar-refractivity contribution in [2.24, 2.45) is 5.92 Å². The molecule has 0 spiro atoms. The van der Waals surface area contributed by atoms with Gasteiger partial charge in [0.1, 0.15) is 5.58 Å². The average molecular weight is 296 g/mol. The Morgan fingerprint density at radius 1 is 1.25 bits per heavy atom. The monoisotopic (exact) mass is 295 g/mol. The fourth-order valence-corrected chi connectivity index (χ4v) is 2.26. The summed E-state index contributed by atoms with van der Waals surface area (Å²) in [7, 11) is 0. The van der Waals surface area contributed by atoms with Gasteiger partial charge < -0.3 is 14.5 Å². The molecule has 0 saturated carbocycles. The van der Waals surface area contributed by atoms with Crippen molar-refractivity contribution >= 4 is 22.6 Å². The molecule has 0 atom stereocenters. The Morgan fingerprint density at radius 2 is 2.05 bits per heavy atom. The molecule has 0 fully saturated rings. The molecule has 110 valence electrons. The molecule has 0 radical (unpaired) electrons. The third-order valence-electron chi connectivity index (χ3n) is 3.21. The summed E-state index contributed by atoms with van der Waals surface area (Å²) in [6.07, 6.45) is 1.11. The fraction of sp³-hybridized carbons (Fsp3) is 0.500. The zero-order chi connectivity index (χ0) is 14.4. The molecule has 0 amide bonds. The van der Waals surface area contributed by atoms with E-state index in [0.29, 0.717) is 17.7 Å². The molecule has 4 heteroatoms. The Bertz CT molecular complexity index is 536. The lowest BCUT2D eigenvalue weighted by atomic mass is 10.1. The largest absolute Gasteiger partial charge is 0.444 e. The van der Waals surface area contributed by atoms with E-state index >= 15 is 0 Å². The van der Waals surface area contributed by atoms with E-state index in [1.165, 1.54) is 0 Å². The van der Waals surface area contributed by atoms with Crippen molar-refractivity contribution in [2.45, 2.75) is 26.8 Å². The van der Waals surface area contributed by atoms with Crippen LogP contribution in [0.5, 0.6) is 0 Å². The molecular formula is C16H22ClNO2. The van der Waals surface area contributed by atoms with Crippen molar-refractivity contribution in [3.8, 4) is 0 Å². The summed E-state index contributed by atoms with van der Waals surface area (Å²) >= 11 is 6.13. The fourth-order valence-electron chi connectivity index (χ4n) is 2.01. The minimum Gasteiger partial charge on any atom is -0.444 e. The van der Waals surface area contributed by atoms with Crippen LogP contribution in [0.3, 0.4) is 0 Å². The van der Waals surface area contributed by atoms with Gasteiger partial charge >= 0.3 is 0 Å². The molecule has 20 heavy (non-hydrogen) atoms. The third-order valence-corrected chi connectivity index (χ3v) is 3.52. The van der Waals surface area contributed by atoms with Crippen molar-refractivity contribution in [1.29, 1.82) is 0 Å². The molecule has 0 saturated heterocycles. The Hall–Kier alpha value is -1.03. The summed E-state index contributed by atoms with van der Waals surface area (Å²) in [5, 5.41) is 4.89.